The molecule has 5 nitrogen and oxygen atoms in total. The van der Waals surface area contributed by atoms with Crippen LogP contribution in [-0.4, -0.2) is 26.2 Å². The molecule has 0 fully saturated rings. The van der Waals surface area contributed by atoms with Crippen LogP contribution < -0.4 is 10.1 Å². The van der Waals surface area contributed by atoms with Crippen LogP contribution in [0.15, 0.2) is 47.4 Å². The van der Waals surface area contributed by atoms with Crippen LogP contribution in [-0.2, 0) is 14.6 Å². The van der Waals surface area contributed by atoms with Crippen molar-refractivity contribution in [3.8, 4) is 5.75 Å². The van der Waals surface area contributed by atoms with Crippen molar-refractivity contribution >= 4 is 15.7 Å². The number of hydrogen-bond donors (Lipinski definition) is 1. The molecular weight excluding hydrogens is 364 g/mol. The summed E-state index contributed by atoms with van der Waals surface area (Å²) in [6, 6.07) is 9.05. The van der Waals surface area contributed by atoms with Gasteiger partial charge in [0, 0.05) is 12.0 Å². The van der Waals surface area contributed by atoms with E-state index in [2.05, 4.69) is 5.32 Å². The van der Waals surface area contributed by atoms with Gasteiger partial charge in [0.05, 0.1) is 17.5 Å². The van der Waals surface area contributed by atoms with E-state index in [-0.39, 0.29) is 6.04 Å². The van der Waals surface area contributed by atoms with Gasteiger partial charge in [0.25, 0.3) is 0 Å². The maximum Gasteiger partial charge on any atom is 0.238 e. The molecule has 138 valence electrons. The minimum atomic E-state index is -4.16. The van der Waals surface area contributed by atoms with E-state index >= 15 is 0 Å². The second-order valence-corrected chi connectivity index (χ2v) is 8.27. The molecule has 3 rings (SSSR count). The predicted molar refractivity (Wildman–Crippen MR) is 90.4 cm³/mol. The lowest BCUT2D eigenvalue weighted by Gasteiger charge is -2.27. The molecule has 0 radical (unpaired) electrons. The Bertz CT molecular complexity index is 946. The van der Waals surface area contributed by atoms with Crippen molar-refractivity contribution in [2.45, 2.75) is 29.5 Å². The molecule has 0 aliphatic carbocycles. The molecule has 1 heterocycles. The Hall–Kier alpha value is -2.48. The van der Waals surface area contributed by atoms with Crippen LogP contribution in [0.25, 0.3) is 0 Å². The molecule has 2 aromatic carbocycles. The molecule has 1 amide bonds. The van der Waals surface area contributed by atoms with Gasteiger partial charge in [-0.05, 0) is 31.2 Å². The summed E-state index contributed by atoms with van der Waals surface area (Å²) in [6.07, 6.45) is 0.501. The Morgan fingerprint density at radius 3 is 2.65 bits per heavy atom. The van der Waals surface area contributed by atoms with Crippen LogP contribution in [0.4, 0.5) is 8.78 Å². The third kappa shape index (κ3) is 3.41. The standard InChI is InChI=1S/C18H17F2NO4S/c1-11(26(23,24)12-6-7-14(19)15(20)10-12)18(22)21-16-8-9-25-17-5-3-2-4-13(16)17/h2-7,10-11,16H,8-9H2,1H3,(H,21,22). The molecule has 1 N–H and O–H groups in total. The van der Waals surface area contributed by atoms with Gasteiger partial charge in [-0.25, -0.2) is 17.2 Å². The highest BCUT2D eigenvalue weighted by molar-refractivity contribution is 7.92. The number of amides is 1. The lowest BCUT2D eigenvalue weighted by molar-refractivity contribution is -0.121. The van der Waals surface area contributed by atoms with Crippen molar-refractivity contribution in [3.63, 3.8) is 0 Å². The van der Waals surface area contributed by atoms with E-state index in [4.69, 9.17) is 4.74 Å². The molecule has 2 unspecified atom stereocenters. The Labute approximate surface area is 149 Å². The molecule has 8 heteroatoms. The number of carbonyl (C=O) groups is 1. The van der Waals surface area contributed by atoms with Crippen LogP contribution in [0.5, 0.6) is 5.75 Å². The van der Waals surface area contributed by atoms with Gasteiger partial charge < -0.3 is 10.1 Å². The highest BCUT2D eigenvalue weighted by Crippen LogP contribution is 2.31. The summed E-state index contributed by atoms with van der Waals surface area (Å²) >= 11 is 0. The van der Waals surface area contributed by atoms with Crippen molar-refractivity contribution in [3.05, 3.63) is 59.7 Å². The van der Waals surface area contributed by atoms with E-state index in [0.717, 1.165) is 17.7 Å². The Balaban J connectivity index is 1.81. The first kappa shape index (κ1) is 18.3. The predicted octanol–water partition coefficient (Wildman–Crippen LogP) is 2.77. The fourth-order valence-electron chi connectivity index (χ4n) is 2.78. The average Bonchev–Trinajstić information content (AvgIpc) is 2.63. The van der Waals surface area contributed by atoms with Crippen molar-refractivity contribution in [2.75, 3.05) is 6.61 Å². The summed E-state index contributed by atoms with van der Waals surface area (Å²) in [5.74, 6) is -2.51. The first-order valence-electron chi connectivity index (χ1n) is 8.02. The average molecular weight is 381 g/mol. The molecule has 0 bridgehead atoms. The van der Waals surface area contributed by atoms with E-state index < -0.39 is 37.5 Å². The maximum atomic E-state index is 13.4. The van der Waals surface area contributed by atoms with Crippen molar-refractivity contribution < 1.29 is 26.7 Å². The fraction of sp³-hybridized carbons (Fsp3) is 0.278. The first-order chi connectivity index (χ1) is 12.3. The SMILES string of the molecule is CC(C(=O)NC1CCOc2ccccc21)S(=O)(=O)c1ccc(F)c(F)c1. The van der Waals surface area contributed by atoms with Gasteiger partial charge in [0.2, 0.25) is 5.91 Å². The third-order valence-corrected chi connectivity index (χ3v) is 6.39. The van der Waals surface area contributed by atoms with E-state index in [9.17, 15) is 22.0 Å². The van der Waals surface area contributed by atoms with Gasteiger partial charge in [0.1, 0.15) is 11.0 Å². The maximum absolute atomic E-state index is 13.4. The Morgan fingerprint density at radius 1 is 1.19 bits per heavy atom. The van der Waals surface area contributed by atoms with Crippen LogP contribution in [0.3, 0.4) is 0 Å². The van der Waals surface area contributed by atoms with Gasteiger partial charge in [-0.3, -0.25) is 4.79 Å². The number of nitrogens with one attached hydrogen (secondary N) is 1. The van der Waals surface area contributed by atoms with E-state index in [0.29, 0.717) is 24.8 Å². The Morgan fingerprint density at radius 2 is 1.92 bits per heavy atom. The molecule has 2 atom stereocenters. The fourth-order valence-corrected chi connectivity index (χ4v) is 4.06. The van der Waals surface area contributed by atoms with Crippen molar-refractivity contribution in [1.82, 2.24) is 5.32 Å². The molecule has 0 saturated carbocycles. The number of benzene rings is 2. The number of rotatable bonds is 4. The number of ether oxygens (including phenoxy) is 1. The zero-order valence-electron chi connectivity index (χ0n) is 13.9. The highest BCUT2D eigenvalue weighted by Gasteiger charge is 2.33. The molecule has 0 spiro atoms. The van der Waals surface area contributed by atoms with Crippen LogP contribution in [0.1, 0.15) is 24.9 Å². The van der Waals surface area contributed by atoms with Gasteiger partial charge in [-0.1, -0.05) is 18.2 Å². The summed E-state index contributed by atoms with van der Waals surface area (Å²) in [6.45, 7) is 1.61. The summed E-state index contributed by atoms with van der Waals surface area (Å²) < 4.78 is 57.0. The summed E-state index contributed by atoms with van der Waals surface area (Å²) in [4.78, 5) is 12.1. The quantitative estimate of drug-likeness (QED) is 0.827. The molecule has 26 heavy (non-hydrogen) atoms. The number of hydrogen-bond acceptors (Lipinski definition) is 4. The summed E-state index contributed by atoms with van der Waals surface area (Å²) in [5.41, 5.74) is 0.768. The van der Waals surface area contributed by atoms with Crippen LogP contribution in [0, 0.1) is 11.6 Å². The summed E-state index contributed by atoms with van der Waals surface area (Å²) in [5, 5.41) is 1.25. The number of para-hydroxylation sites is 1. The van der Waals surface area contributed by atoms with Crippen molar-refractivity contribution in [2.24, 2.45) is 0 Å². The number of halogens is 2. The first-order valence-corrected chi connectivity index (χ1v) is 9.56. The van der Waals surface area contributed by atoms with Gasteiger partial charge in [-0.15, -0.1) is 0 Å². The van der Waals surface area contributed by atoms with Crippen molar-refractivity contribution in [1.29, 1.82) is 0 Å². The normalized spacial score (nSPS) is 17.7. The van der Waals surface area contributed by atoms with Gasteiger partial charge in [0.15, 0.2) is 21.5 Å². The topological polar surface area (TPSA) is 72.5 Å². The number of carbonyl (C=O) groups excluding carboxylic acids is 1. The lowest BCUT2D eigenvalue weighted by Crippen LogP contribution is -2.41. The third-order valence-electron chi connectivity index (χ3n) is 4.33. The highest BCUT2D eigenvalue weighted by atomic mass is 32.2. The smallest absolute Gasteiger partial charge is 0.238 e. The zero-order valence-corrected chi connectivity index (χ0v) is 14.7. The second-order valence-electron chi connectivity index (χ2n) is 6.00. The van der Waals surface area contributed by atoms with Crippen LogP contribution in [0.2, 0.25) is 0 Å². The molecule has 1 aliphatic rings. The van der Waals surface area contributed by atoms with Gasteiger partial charge in [-0.2, -0.15) is 0 Å². The molecular formula is C18H17F2NO4S. The largest absolute Gasteiger partial charge is 0.493 e. The zero-order chi connectivity index (χ0) is 18.9. The lowest BCUT2D eigenvalue weighted by atomic mass is 10.0. The number of sulfone groups is 1. The number of fused-ring (bicyclic) bond motifs is 1. The van der Waals surface area contributed by atoms with Crippen LogP contribution >= 0.6 is 0 Å². The molecule has 0 aromatic heterocycles. The van der Waals surface area contributed by atoms with E-state index in [1.54, 1.807) is 24.3 Å². The minimum Gasteiger partial charge on any atom is -0.493 e. The summed E-state index contributed by atoms with van der Waals surface area (Å²) in [7, 11) is -4.16. The van der Waals surface area contributed by atoms with E-state index in [1.165, 1.54) is 6.92 Å². The van der Waals surface area contributed by atoms with E-state index in [1.807, 2.05) is 0 Å². The molecule has 0 saturated heterocycles. The Kier molecular flexibility index (Phi) is 4.95. The second kappa shape index (κ2) is 7.03. The minimum absolute atomic E-state index is 0.380. The van der Waals surface area contributed by atoms with Gasteiger partial charge >= 0.3 is 0 Å². The molecule has 1 aliphatic heterocycles. The monoisotopic (exact) mass is 381 g/mol. The molecule has 2 aromatic rings.